The maximum Gasteiger partial charge on any atom is 0.267 e. The van der Waals surface area contributed by atoms with E-state index in [0.717, 1.165) is 29.7 Å². The van der Waals surface area contributed by atoms with E-state index in [1.54, 1.807) is 6.07 Å². The lowest BCUT2D eigenvalue weighted by Crippen LogP contribution is -2.37. The van der Waals surface area contributed by atoms with Gasteiger partial charge in [0.1, 0.15) is 19.8 Å². The topological polar surface area (TPSA) is 91.7 Å². The summed E-state index contributed by atoms with van der Waals surface area (Å²) in [4.78, 5) is 24.2. The van der Waals surface area contributed by atoms with Gasteiger partial charge >= 0.3 is 0 Å². The highest BCUT2D eigenvalue weighted by molar-refractivity contribution is 5.75. The van der Waals surface area contributed by atoms with Crippen molar-refractivity contribution in [3.63, 3.8) is 0 Å². The van der Waals surface area contributed by atoms with Crippen molar-refractivity contribution in [1.29, 1.82) is 0 Å². The fourth-order valence-electron chi connectivity index (χ4n) is 3.14. The number of rotatable bonds is 5. The van der Waals surface area contributed by atoms with E-state index in [-0.39, 0.29) is 24.1 Å². The Hall–Kier alpha value is -2.87. The highest BCUT2D eigenvalue weighted by Gasteiger charge is 2.17. The Morgan fingerprint density at radius 2 is 2.00 bits per heavy atom. The molecule has 0 aliphatic carbocycles. The van der Waals surface area contributed by atoms with Gasteiger partial charge in [-0.25, -0.2) is 4.68 Å². The van der Waals surface area contributed by atoms with Crippen molar-refractivity contribution >= 4 is 5.91 Å². The van der Waals surface area contributed by atoms with Crippen LogP contribution in [0.2, 0.25) is 0 Å². The molecule has 8 heteroatoms. The number of amides is 1. The molecule has 1 fully saturated rings. The molecule has 0 saturated carbocycles. The standard InChI is InChI=1S/C19H21N3O5/c23-18(20-11-14-2-1-7-25-14)12-22-19(24)6-4-15(21-22)13-3-5-16-17(10-13)27-9-8-26-16/h3-6,10,14H,1-2,7-9,11-12H2,(H,20,23). The molecule has 2 aromatic rings. The number of nitrogens with one attached hydrogen (secondary N) is 1. The minimum absolute atomic E-state index is 0.0580. The number of aromatic nitrogens is 2. The van der Waals surface area contributed by atoms with Gasteiger partial charge in [-0.3, -0.25) is 9.59 Å². The van der Waals surface area contributed by atoms with Gasteiger partial charge in [-0.2, -0.15) is 5.10 Å². The first kappa shape index (κ1) is 17.5. The summed E-state index contributed by atoms with van der Waals surface area (Å²) in [6.45, 7) is 2.07. The zero-order chi connectivity index (χ0) is 18.6. The van der Waals surface area contributed by atoms with E-state index < -0.39 is 0 Å². The molecule has 1 aromatic heterocycles. The molecule has 2 aliphatic heterocycles. The number of fused-ring (bicyclic) bond motifs is 1. The zero-order valence-corrected chi connectivity index (χ0v) is 14.8. The van der Waals surface area contributed by atoms with Gasteiger partial charge in [0, 0.05) is 24.8 Å². The number of hydrogen-bond acceptors (Lipinski definition) is 6. The molecule has 1 saturated heterocycles. The lowest BCUT2D eigenvalue weighted by atomic mass is 10.1. The fourth-order valence-corrected chi connectivity index (χ4v) is 3.14. The number of hydrogen-bond donors (Lipinski definition) is 1. The maximum atomic E-state index is 12.2. The minimum atomic E-state index is -0.330. The molecular weight excluding hydrogens is 350 g/mol. The average molecular weight is 371 g/mol. The number of nitrogens with zero attached hydrogens (tertiary/aromatic N) is 2. The largest absolute Gasteiger partial charge is 0.486 e. The van der Waals surface area contributed by atoms with Crippen molar-refractivity contribution in [2.75, 3.05) is 26.4 Å². The molecule has 0 bridgehead atoms. The van der Waals surface area contributed by atoms with Crippen LogP contribution in [0.3, 0.4) is 0 Å². The van der Waals surface area contributed by atoms with Crippen molar-refractivity contribution in [2.45, 2.75) is 25.5 Å². The molecule has 4 rings (SSSR count). The lowest BCUT2D eigenvalue weighted by molar-refractivity contribution is -0.122. The van der Waals surface area contributed by atoms with Crippen LogP contribution >= 0.6 is 0 Å². The molecule has 0 radical (unpaired) electrons. The molecule has 2 aliphatic rings. The van der Waals surface area contributed by atoms with Gasteiger partial charge < -0.3 is 19.5 Å². The first-order valence-corrected chi connectivity index (χ1v) is 9.05. The van der Waals surface area contributed by atoms with Crippen LogP contribution in [0.25, 0.3) is 11.3 Å². The quantitative estimate of drug-likeness (QED) is 0.842. The van der Waals surface area contributed by atoms with Crippen molar-refractivity contribution in [2.24, 2.45) is 0 Å². The SMILES string of the molecule is O=C(Cn1nc(-c2ccc3c(c2)OCCO3)ccc1=O)NCC1CCCO1. The molecule has 142 valence electrons. The number of ether oxygens (including phenoxy) is 3. The molecule has 8 nitrogen and oxygen atoms in total. The van der Waals surface area contributed by atoms with Crippen molar-refractivity contribution in [3.8, 4) is 22.8 Å². The van der Waals surface area contributed by atoms with Crippen molar-refractivity contribution in [3.05, 3.63) is 40.7 Å². The van der Waals surface area contributed by atoms with E-state index >= 15 is 0 Å². The summed E-state index contributed by atoms with van der Waals surface area (Å²) in [5, 5.41) is 7.13. The van der Waals surface area contributed by atoms with E-state index in [1.807, 2.05) is 18.2 Å². The van der Waals surface area contributed by atoms with Gasteiger partial charge in [0.2, 0.25) is 5.91 Å². The summed E-state index contributed by atoms with van der Waals surface area (Å²) in [6, 6.07) is 8.53. The van der Waals surface area contributed by atoms with Crippen molar-refractivity contribution in [1.82, 2.24) is 15.1 Å². The Morgan fingerprint density at radius 1 is 1.15 bits per heavy atom. The first-order chi connectivity index (χ1) is 13.2. The van der Waals surface area contributed by atoms with E-state index in [1.165, 1.54) is 6.07 Å². The van der Waals surface area contributed by atoms with Crippen molar-refractivity contribution < 1.29 is 19.0 Å². The predicted molar refractivity (Wildman–Crippen MR) is 96.9 cm³/mol. The van der Waals surface area contributed by atoms with Gasteiger partial charge in [-0.15, -0.1) is 0 Å². The first-order valence-electron chi connectivity index (χ1n) is 9.05. The van der Waals surface area contributed by atoms with E-state index in [4.69, 9.17) is 14.2 Å². The van der Waals surface area contributed by atoms with Gasteiger partial charge in [0.25, 0.3) is 5.56 Å². The van der Waals surface area contributed by atoms with Gasteiger partial charge in [-0.1, -0.05) is 0 Å². The van der Waals surface area contributed by atoms with E-state index in [0.29, 0.717) is 37.0 Å². The Morgan fingerprint density at radius 3 is 2.81 bits per heavy atom. The van der Waals surface area contributed by atoms with E-state index in [2.05, 4.69) is 10.4 Å². The summed E-state index contributed by atoms with van der Waals surface area (Å²) < 4.78 is 17.7. The third kappa shape index (κ3) is 4.11. The summed E-state index contributed by atoms with van der Waals surface area (Å²) in [5.41, 5.74) is 1.04. The number of carbonyl (C=O) groups is 1. The third-order valence-corrected chi connectivity index (χ3v) is 4.55. The summed E-state index contributed by atoms with van der Waals surface area (Å²) in [5.74, 6) is 1.07. The normalized spacial score (nSPS) is 18.3. The molecule has 1 atom stereocenters. The molecule has 1 aromatic carbocycles. The molecule has 1 N–H and O–H groups in total. The van der Waals surface area contributed by atoms with Crippen LogP contribution < -0.4 is 20.3 Å². The second kappa shape index (κ2) is 7.79. The van der Waals surface area contributed by atoms with Crippen LogP contribution in [0.4, 0.5) is 0 Å². The summed E-state index contributed by atoms with van der Waals surface area (Å²) >= 11 is 0. The van der Waals surface area contributed by atoms with Crippen LogP contribution in [0.5, 0.6) is 11.5 Å². The van der Waals surface area contributed by atoms with Crippen LogP contribution in [0.1, 0.15) is 12.8 Å². The molecule has 27 heavy (non-hydrogen) atoms. The Balaban J connectivity index is 1.47. The van der Waals surface area contributed by atoms with Gasteiger partial charge in [-0.05, 0) is 37.1 Å². The highest BCUT2D eigenvalue weighted by Crippen LogP contribution is 2.33. The molecule has 1 amide bonds. The highest BCUT2D eigenvalue weighted by atomic mass is 16.6. The smallest absolute Gasteiger partial charge is 0.267 e. The second-order valence-corrected chi connectivity index (χ2v) is 6.51. The van der Waals surface area contributed by atoms with Crippen LogP contribution in [0, 0.1) is 0 Å². The van der Waals surface area contributed by atoms with Crippen LogP contribution in [-0.2, 0) is 16.1 Å². The fraction of sp³-hybridized carbons (Fsp3) is 0.421. The van der Waals surface area contributed by atoms with Crippen LogP contribution in [0.15, 0.2) is 35.1 Å². The Kier molecular flexibility index (Phi) is 5.06. The molecule has 1 unspecified atom stereocenters. The average Bonchev–Trinajstić information content (AvgIpc) is 3.21. The number of carbonyl (C=O) groups excluding carboxylic acids is 1. The maximum absolute atomic E-state index is 12.2. The number of benzene rings is 1. The second-order valence-electron chi connectivity index (χ2n) is 6.51. The molecule has 3 heterocycles. The minimum Gasteiger partial charge on any atom is -0.486 e. The Bertz CT molecular complexity index is 889. The van der Waals surface area contributed by atoms with Gasteiger partial charge in [0.05, 0.1) is 11.8 Å². The zero-order valence-electron chi connectivity index (χ0n) is 14.8. The van der Waals surface area contributed by atoms with E-state index in [9.17, 15) is 9.59 Å². The predicted octanol–water partition coefficient (Wildman–Crippen LogP) is 0.977. The monoisotopic (exact) mass is 371 g/mol. The molecule has 0 spiro atoms. The summed E-state index contributed by atoms with van der Waals surface area (Å²) in [6.07, 6.45) is 2.01. The lowest BCUT2D eigenvalue weighted by Gasteiger charge is -2.18. The summed E-state index contributed by atoms with van der Waals surface area (Å²) in [7, 11) is 0. The van der Waals surface area contributed by atoms with Crippen LogP contribution in [-0.4, -0.2) is 48.2 Å². The Labute approximate surface area is 156 Å². The third-order valence-electron chi connectivity index (χ3n) is 4.55. The van der Waals surface area contributed by atoms with Gasteiger partial charge in [0.15, 0.2) is 11.5 Å². The molecular formula is C19H21N3O5.